The van der Waals surface area contributed by atoms with Crippen LogP contribution in [0.25, 0.3) is 10.6 Å². The third-order valence-corrected chi connectivity index (χ3v) is 9.45. The second-order valence-electron chi connectivity index (χ2n) is 11.1. The summed E-state index contributed by atoms with van der Waals surface area (Å²) in [5.74, 6) is 0.0347. The first-order chi connectivity index (χ1) is 18.1. The number of nitrogens with zero attached hydrogens (tertiary/aromatic N) is 4. The lowest BCUT2D eigenvalue weighted by molar-refractivity contribution is -0.123. The predicted molar refractivity (Wildman–Crippen MR) is 149 cm³/mol. The van der Waals surface area contributed by atoms with Crippen LogP contribution in [0.5, 0.6) is 0 Å². The molecule has 0 aromatic carbocycles. The highest BCUT2D eigenvalue weighted by molar-refractivity contribution is 7.13. The van der Waals surface area contributed by atoms with Crippen LogP contribution < -0.4 is 5.32 Å². The molecule has 2 saturated carbocycles. The standard InChI is InChI=1S/C29H43N5O2S/c1-2-33(24(15-18-32-16-6-3-7-17-32)20-28(35)30-22-10-8-11-22)29(36)25-21-26(27-14-9-19-37-27)34(31-25)23-12-4-5-13-23/h9,14,19,21-24H,2-8,10-13,15-18,20H2,1H3,(H,30,35)/t24-/m0/s1. The number of carbonyl (C=O) groups excluding carboxylic acids is 2. The van der Waals surface area contributed by atoms with E-state index >= 15 is 0 Å². The summed E-state index contributed by atoms with van der Waals surface area (Å²) in [6.45, 7) is 5.78. The van der Waals surface area contributed by atoms with Crippen LogP contribution in [0.15, 0.2) is 23.6 Å². The zero-order valence-electron chi connectivity index (χ0n) is 22.4. The number of carbonyl (C=O) groups is 2. The van der Waals surface area contributed by atoms with Gasteiger partial charge in [0.25, 0.3) is 5.91 Å². The van der Waals surface area contributed by atoms with Crippen molar-refractivity contribution in [3.8, 4) is 10.6 Å². The maximum absolute atomic E-state index is 14.0. The minimum Gasteiger partial charge on any atom is -0.353 e. The second-order valence-corrected chi connectivity index (χ2v) is 12.1. The van der Waals surface area contributed by atoms with Gasteiger partial charge in [-0.2, -0.15) is 5.10 Å². The summed E-state index contributed by atoms with van der Waals surface area (Å²) in [5, 5.41) is 10.2. The average Bonchev–Trinajstić information content (AvgIpc) is 3.66. The molecule has 0 radical (unpaired) electrons. The molecule has 0 unspecified atom stereocenters. The predicted octanol–water partition coefficient (Wildman–Crippen LogP) is 5.49. The maximum atomic E-state index is 14.0. The number of aromatic nitrogens is 2. The van der Waals surface area contributed by atoms with Gasteiger partial charge >= 0.3 is 0 Å². The van der Waals surface area contributed by atoms with Crippen molar-refractivity contribution in [3.63, 3.8) is 0 Å². The Kier molecular flexibility index (Phi) is 8.98. The van der Waals surface area contributed by atoms with Gasteiger partial charge in [-0.15, -0.1) is 11.3 Å². The molecule has 1 N–H and O–H groups in total. The van der Waals surface area contributed by atoms with Crippen molar-refractivity contribution in [2.75, 3.05) is 26.2 Å². The summed E-state index contributed by atoms with van der Waals surface area (Å²) in [6.07, 6.45) is 13.0. The Bertz CT molecular complexity index is 1020. The van der Waals surface area contributed by atoms with Gasteiger partial charge in [-0.25, -0.2) is 0 Å². The number of thiophene rings is 1. The highest BCUT2D eigenvalue weighted by Crippen LogP contribution is 2.35. The molecule has 3 fully saturated rings. The lowest BCUT2D eigenvalue weighted by Gasteiger charge is -2.34. The molecule has 37 heavy (non-hydrogen) atoms. The molecular formula is C29H43N5O2S. The van der Waals surface area contributed by atoms with Crippen molar-refractivity contribution < 1.29 is 9.59 Å². The molecule has 1 atom stereocenters. The van der Waals surface area contributed by atoms with Crippen LogP contribution in [0.2, 0.25) is 0 Å². The molecule has 8 heteroatoms. The van der Waals surface area contributed by atoms with E-state index in [-0.39, 0.29) is 17.9 Å². The Balaban J connectivity index is 1.36. The molecule has 3 heterocycles. The molecule has 0 spiro atoms. The molecule has 1 saturated heterocycles. The minimum absolute atomic E-state index is 0.0443. The van der Waals surface area contributed by atoms with E-state index in [1.165, 1.54) is 38.5 Å². The monoisotopic (exact) mass is 525 g/mol. The minimum atomic E-state index is -0.124. The normalized spacial score (nSPS) is 20.0. The van der Waals surface area contributed by atoms with Crippen LogP contribution in [0.3, 0.4) is 0 Å². The van der Waals surface area contributed by atoms with E-state index in [0.717, 1.165) is 62.3 Å². The number of likely N-dealkylation sites (tertiary alicyclic amines) is 1. The first kappa shape index (κ1) is 26.4. The molecule has 7 nitrogen and oxygen atoms in total. The van der Waals surface area contributed by atoms with Gasteiger partial charge in [0.1, 0.15) is 0 Å². The first-order valence-electron chi connectivity index (χ1n) is 14.6. The van der Waals surface area contributed by atoms with Crippen LogP contribution >= 0.6 is 11.3 Å². The van der Waals surface area contributed by atoms with Crippen LogP contribution in [-0.4, -0.2) is 69.7 Å². The molecule has 0 bridgehead atoms. The number of hydrogen-bond donors (Lipinski definition) is 1. The van der Waals surface area contributed by atoms with E-state index in [1.807, 2.05) is 17.9 Å². The van der Waals surface area contributed by atoms with Gasteiger partial charge in [0, 0.05) is 31.6 Å². The molecule has 2 amide bonds. The van der Waals surface area contributed by atoms with Crippen molar-refractivity contribution in [2.45, 2.75) is 102 Å². The average molecular weight is 526 g/mol. The number of rotatable bonds is 11. The molecule has 3 aliphatic rings. The first-order valence-corrected chi connectivity index (χ1v) is 15.5. The van der Waals surface area contributed by atoms with Gasteiger partial charge in [-0.05, 0) is 88.9 Å². The second kappa shape index (κ2) is 12.6. The van der Waals surface area contributed by atoms with Crippen molar-refractivity contribution in [3.05, 3.63) is 29.3 Å². The van der Waals surface area contributed by atoms with E-state index < -0.39 is 0 Å². The van der Waals surface area contributed by atoms with Crippen LogP contribution in [0.4, 0.5) is 0 Å². The summed E-state index contributed by atoms with van der Waals surface area (Å²) in [5.41, 5.74) is 1.56. The van der Waals surface area contributed by atoms with Gasteiger partial charge in [-0.3, -0.25) is 14.3 Å². The van der Waals surface area contributed by atoms with Crippen molar-refractivity contribution in [2.24, 2.45) is 0 Å². The van der Waals surface area contributed by atoms with E-state index in [1.54, 1.807) is 11.3 Å². The topological polar surface area (TPSA) is 70.5 Å². The molecule has 5 rings (SSSR count). The lowest BCUT2D eigenvalue weighted by atomic mass is 9.93. The smallest absolute Gasteiger partial charge is 0.274 e. The Morgan fingerprint density at radius 2 is 1.89 bits per heavy atom. The summed E-state index contributed by atoms with van der Waals surface area (Å²) >= 11 is 1.70. The van der Waals surface area contributed by atoms with E-state index in [4.69, 9.17) is 5.10 Å². The Morgan fingerprint density at radius 1 is 1.11 bits per heavy atom. The Hall–Kier alpha value is -2.19. The van der Waals surface area contributed by atoms with Gasteiger partial charge < -0.3 is 15.1 Å². The third kappa shape index (κ3) is 6.45. The largest absolute Gasteiger partial charge is 0.353 e. The zero-order chi connectivity index (χ0) is 25.6. The fourth-order valence-corrected chi connectivity index (χ4v) is 6.92. The number of nitrogens with one attached hydrogen (secondary N) is 1. The van der Waals surface area contributed by atoms with Crippen molar-refractivity contribution >= 4 is 23.2 Å². The summed E-state index contributed by atoms with van der Waals surface area (Å²) in [6, 6.07) is 6.72. The fraction of sp³-hybridized carbons (Fsp3) is 0.690. The molecular weight excluding hydrogens is 482 g/mol. The SMILES string of the molecule is CCN(C(=O)c1cc(-c2cccs2)n(C2CCCC2)n1)[C@@H](CCN1CCCCC1)CC(=O)NC1CCC1. The van der Waals surface area contributed by atoms with Crippen LogP contribution in [-0.2, 0) is 4.79 Å². The third-order valence-electron chi connectivity index (χ3n) is 8.56. The highest BCUT2D eigenvalue weighted by Gasteiger charge is 2.31. The Morgan fingerprint density at radius 3 is 2.54 bits per heavy atom. The molecule has 202 valence electrons. The molecule has 2 aromatic rings. The number of amides is 2. The summed E-state index contributed by atoms with van der Waals surface area (Å²) in [7, 11) is 0. The molecule has 2 aromatic heterocycles. The van der Waals surface area contributed by atoms with E-state index in [9.17, 15) is 9.59 Å². The lowest BCUT2D eigenvalue weighted by Crippen LogP contribution is -2.47. The van der Waals surface area contributed by atoms with Crippen LogP contribution in [0.1, 0.15) is 101 Å². The molecule has 1 aliphatic heterocycles. The summed E-state index contributed by atoms with van der Waals surface area (Å²) < 4.78 is 2.12. The quantitative estimate of drug-likeness (QED) is 0.421. The summed E-state index contributed by atoms with van der Waals surface area (Å²) in [4.78, 5) is 32.6. The maximum Gasteiger partial charge on any atom is 0.274 e. The van der Waals surface area contributed by atoms with E-state index in [2.05, 4.69) is 32.4 Å². The molecule has 2 aliphatic carbocycles. The van der Waals surface area contributed by atoms with Crippen LogP contribution in [0, 0.1) is 0 Å². The highest BCUT2D eigenvalue weighted by atomic mass is 32.1. The fourth-order valence-electron chi connectivity index (χ4n) is 6.19. The number of piperidine rings is 1. The van der Waals surface area contributed by atoms with E-state index in [0.29, 0.717) is 30.7 Å². The zero-order valence-corrected chi connectivity index (χ0v) is 23.2. The van der Waals surface area contributed by atoms with Crippen molar-refractivity contribution in [1.82, 2.24) is 24.9 Å². The van der Waals surface area contributed by atoms with Gasteiger partial charge in [0.05, 0.1) is 16.6 Å². The van der Waals surface area contributed by atoms with Gasteiger partial charge in [0.15, 0.2) is 5.69 Å². The van der Waals surface area contributed by atoms with Crippen molar-refractivity contribution in [1.29, 1.82) is 0 Å². The van der Waals surface area contributed by atoms with Gasteiger partial charge in [0.2, 0.25) is 5.91 Å². The van der Waals surface area contributed by atoms with Gasteiger partial charge in [-0.1, -0.05) is 25.3 Å². The number of hydrogen-bond acceptors (Lipinski definition) is 5. The Labute approximate surface area is 225 Å².